The van der Waals surface area contributed by atoms with E-state index < -0.39 is 14.0 Å². The van der Waals surface area contributed by atoms with Crippen LogP contribution >= 0.6 is 7.82 Å². The van der Waals surface area contributed by atoms with Crippen LogP contribution < -0.4 is 0 Å². The fourth-order valence-corrected chi connectivity index (χ4v) is 0.305. The summed E-state index contributed by atoms with van der Waals surface area (Å²) in [6, 6.07) is 0. The summed E-state index contributed by atoms with van der Waals surface area (Å²) in [5.41, 5.74) is 0. The van der Waals surface area contributed by atoms with Crippen molar-refractivity contribution in [3.05, 3.63) is 0 Å². The minimum Gasteiger partial charge on any atom is -0.449 e. The summed E-state index contributed by atoms with van der Waals surface area (Å²) in [7, 11) is -4.82. The van der Waals surface area contributed by atoms with Gasteiger partial charge >= 0.3 is 14.0 Å². The quantitative estimate of drug-likeness (QED) is 0.397. The molecule has 3 N–H and O–H groups in total. The molecular weight excluding hydrogens is 195 g/mol. The maximum Gasteiger partial charge on any atom is 0.529 e. The molecule has 0 radical (unpaired) electrons. The van der Waals surface area contributed by atoms with Crippen LogP contribution in [-0.2, 0) is 26.2 Å². The number of phosphoric ester groups is 1. The molecule has 0 aliphatic rings. The molecule has 0 aliphatic carbocycles. The van der Waals surface area contributed by atoms with E-state index in [0.717, 1.165) is 0 Å². The molecule has 0 spiro atoms. The molecule has 0 saturated carbocycles. The van der Waals surface area contributed by atoms with E-state index in [0.29, 0.717) is 0 Å². The van der Waals surface area contributed by atoms with Crippen molar-refractivity contribution in [3.8, 4) is 0 Å². The minimum absolute atomic E-state index is 0. The average Bonchev–Trinajstić information content (AvgIpc) is 1.21. The Morgan fingerprint density at radius 2 is 1.78 bits per heavy atom. The van der Waals surface area contributed by atoms with Gasteiger partial charge in [0.25, 0.3) is 0 Å². The maximum absolute atomic E-state index is 9.53. The predicted octanol–water partition coefficient (Wildman–Crippen LogP) is -0.229. The summed E-state index contributed by atoms with van der Waals surface area (Å²) < 4.78 is 12.6. The van der Waals surface area contributed by atoms with E-state index in [2.05, 4.69) is 4.52 Å². The largest absolute Gasteiger partial charge is 0.529 e. The van der Waals surface area contributed by atoms with Crippen molar-refractivity contribution in [3.63, 3.8) is 0 Å². The van der Waals surface area contributed by atoms with Crippen LogP contribution in [0.4, 0.5) is 4.79 Å². The molecule has 0 saturated heterocycles. The number of hydrogen-bond acceptors (Lipinski definition) is 3. The molecule has 0 rings (SSSR count). The Morgan fingerprint density at radius 3 is 1.78 bits per heavy atom. The molecule has 56 valence electrons. The second-order valence-electron chi connectivity index (χ2n) is 0.848. The van der Waals surface area contributed by atoms with Crippen molar-refractivity contribution in [2.24, 2.45) is 0 Å². The smallest absolute Gasteiger partial charge is 0.449 e. The molecule has 0 aromatic heterocycles. The van der Waals surface area contributed by atoms with Crippen LogP contribution in [0.3, 0.4) is 0 Å². The van der Waals surface area contributed by atoms with Crippen molar-refractivity contribution >= 4 is 14.0 Å². The third-order valence-electron chi connectivity index (χ3n) is 0.197. The van der Waals surface area contributed by atoms with Gasteiger partial charge < -0.3 is 9.63 Å². The van der Waals surface area contributed by atoms with Crippen molar-refractivity contribution in [1.82, 2.24) is 0 Å². The Kier molecular flexibility index (Phi) is 5.03. The Labute approximate surface area is 60.5 Å². The SMILES string of the molecule is O=C(O)OP(=O)(O)O.[Fe]. The first kappa shape index (κ1) is 11.7. The molecule has 0 fully saturated rings. The minimum atomic E-state index is -4.82. The van der Waals surface area contributed by atoms with Gasteiger partial charge in [-0.05, 0) is 0 Å². The summed E-state index contributed by atoms with van der Waals surface area (Å²) in [6.45, 7) is 0. The summed E-state index contributed by atoms with van der Waals surface area (Å²) in [5.74, 6) is 0. The summed E-state index contributed by atoms with van der Waals surface area (Å²) >= 11 is 0. The number of carbonyl (C=O) groups is 1. The Balaban J connectivity index is 0. The second kappa shape index (κ2) is 3.87. The molecule has 0 heterocycles. The van der Waals surface area contributed by atoms with Gasteiger partial charge in [-0.1, -0.05) is 0 Å². The predicted molar refractivity (Wildman–Crippen MR) is 21.2 cm³/mol. The first-order chi connectivity index (χ1) is 3.42. The van der Waals surface area contributed by atoms with Gasteiger partial charge in [-0.25, -0.2) is 9.36 Å². The van der Waals surface area contributed by atoms with Crippen LogP contribution in [0.5, 0.6) is 0 Å². The summed E-state index contributed by atoms with van der Waals surface area (Å²) in [6.07, 6.45) is -1.99. The van der Waals surface area contributed by atoms with Crippen LogP contribution in [0.1, 0.15) is 0 Å². The number of phosphoric acid groups is 1. The zero-order valence-corrected chi connectivity index (χ0v) is 5.87. The van der Waals surface area contributed by atoms with Gasteiger partial charge in [-0.2, -0.15) is 0 Å². The molecule has 9 heavy (non-hydrogen) atoms. The molecule has 0 bridgehead atoms. The van der Waals surface area contributed by atoms with Gasteiger partial charge in [0.05, 0.1) is 0 Å². The van der Waals surface area contributed by atoms with Gasteiger partial charge in [0.15, 0.2) is 0 Å². The number of hydrogen-bond donors (Lipinski definition) is 3. The standard InChI is InChI=1S/CH3O6P.Fe/c2-1(3)7-8(4,5)6;/h(H,2,3)(H2,4,5,6);. The Morgan fingerprint density at radius 1 is 1.44 bits per heavy atom. The van der Waals surface area contributed by atoms with Crippen LogP contribution in [0.25, 0.3) is 0 Å². The fourth-order valence-electron chi connectivity index (χ4n) is 0.102. The zero-order chi connectivity index (χ0) is 6.78. The molecule has 0 aromatic rings. The van der Waals surface area contributed by atoms with Crippen molar-refractivity contribution in [1.29, 1.82) is 0 Å². The normalized spacial score (nSPS) is 9.56. The Bertz CT molecular complexity index is 136. The molecular formula is CH3FeO6P. The van der Waals surface area contributed by atoms with E-state index in [4.69, 9.17) is 14.9 Å². The molecule has 0 amide bonds. The molecule has 6 nitrogen and oxygen atoms in total. The number of rotatable bonds is 1. The van der Waals surface area contributed by atoms with Gasteiger partial charge in [0.2, 0.25) is 0 Å². The van der Waals surface area contributed by atoms with E-state index in [1.54, 1.807) is 0 Å². The van der Waals surface area contributed by atoms with E-state index in [9.17, 15) is 9.36 Å². The van der Waals surface area contributed by atoms with Gasteiger partial charge in [-0.3, -0.25) is 9.79 Å². The van der Waals surface area contributed by atoms with Crippen LogP contribution in [-0.4, -0.2) is 21.0 Å². The van der Waals surface area contributed by atoms with E-state index in [1.165, 1.54) is 0 Å². The zero-order valence-electron chi connectivity index (χ0n) is 3.87. The first-order valence-electron chi connectivity index (χ1n) is 1.40. The van der Waals surface area contributed by atoms with Gasteiger partial charge in [0.1, 0.15) is 0 Å². The van der Waals surface area contributed by atoms with E-state index in [1.807, 2.05) is 0 Å². The van der Waals surface area contributed by atoms with Crippen LogP contribution in [0.15, 0.2) is 0 Å². The third-order valence-corrected chi connectivity index (χ3v) is 0.591. The van der Waals surface area contributed by atoms with Crippen LogP contribution in [0.2, 0.25) is 0 Å². The second-order valence-corrected chi connectivity index (χ2v) is 2.01. The summed E-state index contributed by atoms with van der Waals surface area (Å²) in [4.78, 5) is 24.7. The van der Waals surface area contributed by atoms with Crippen molar-refractivity contribution in [2.75, 3.05) is 0 Å². The molecule has 0 aromatic carbocycles. The van der Waals surface area contributed by atoms with Gasteiger partial charge in [-0.15, -0.1) is 0 Å². The third kappa shape index (κ3) is 11.5. The molecule has 8 heteroatoms. The van der Waals surface area contributed by atoms with Crippen molar-refractivity contribution < 1.29 is 45.8 Å². The molecule has 0 atom stereocenters. The average molecular weight is 198 g/mol. The molecule has 0 aliphatic heterocycles. The monoisotopic (exact) mass is 198 g/mol. The topological polar surface area (TPSA) is 104 Å². The van der Waals surface area contributed by atoms with Gasteiger partial charge in [0, 0.05) is 17.1 Å². The number of carboxylic acid groups (broad SMARTS) is 1. The van der Waals surface area contributed by atoms with Crippen LogP contribution in [0, 0.1) is 0 Å². The Hall–Kier alpha value is -0.0605. The van der Waals surface area contributed by atoms with Crippen molar-refractivity contribution in [2.45, 2.75) is 0 Å². The molecule has 0 unspecified atom stereocenters. The maximum atomic E-state index is 9.53. The van der Waals surface area contributed by atoms with E-state index >= 15 is 0 Å². The fraction of sp³-hybridized carbons (Fsp3) is 0. The van der Waals surface area contributed by atoms with E-state index in [-0.39, 0.29) is 17.1 Å². The first-order valence-corrected chi connectivity index (χ1v) is 2.93. The summed E-state index contributed by atoms with van der Waals surface area (Å²) in [5, 5.41) is 7.53.